The number of carbonyl (C=O) groups excluding carboxylic acids is 1. The summed E-state index contributed by atoms with van der Waals surface area (Å²) in [5.41, 5.74) is 0.520. The van der Waals surface area contributed by atoms with Gasteiger partial charge in [-0.3, -0.25) is 4.79 Å². The molecule has 0 unspecified atom stereocenters. The minimum atomic E-state index is -0.428. The number of halogens is 2. The average molecular weight is 270 g/mol. The summed E-state index contributed by atoms with van der Waals surface area (Å²) in [6, 6.07) is 11.3. The van der Waals surface area contributed by atoms with Crippen molar-refractivity contribution in [3.63, 3.8) is 0 Å². The van der Waals surface area contributed by atoms with Crippen molar-refractivity contribution in [2.45, 2.75) is 0 Å². The minimum absolute atomic E-state index is 0.428. The second-order valence-electron chi connectivity index (χ2n) is 2.95. The number of benzene rings is 2. The Bertz CT molecular complexity index is 508. The highest BCUT2D eigenvalue weighted by molar-refractivity contribution is 9.10. The van der Waals surface area contributed by atoms with Crippen LogP contribution in [0.4, 0.5) is 0 Å². The first kappa shape index (κ1) is 9.69. The zero-order chi connectivity index (χ0) is 10.1. The van der Waals surface area contributed by atoms with E-state index in [1.807, 2.05) is 24.3 Å². The Morgan fingerprint density at radius 2 is 2.00 bits per heavy atom. The molecule has 0 N–H and O–H groups in total. The van der Waals surface area contributed by atoms with Crippen LogP contribution < -0.4 is 0 Å². The third-order valence-corrected chi connectivity index (χ3v) is 2.97. The van der Waals surface area contributed by atoms with Crippen LogP contribution in [0.1, 0.15) is 10.4 Å². The van der Waals surface area contributed by atoms with Crippen LogP contribution in [-0.2, 0) is 0 Å². The van der Waals surface area contributed by atoms with Gasteiger partial charge in [0.1, 0.15) is 0 Å². The fourth-order valence-electron chi connectivity index (χ4n) is 1.36. The van der Waals surface area contributed by atoms with Gasteiger partial charge in [0, 0.05) is 10.0 Å². The standard InChI is InChI=1S/C11H6BrClO/c12-10-3-1-2-7-4-5-8(11(13)14)6-9(7)10/h1-6H. The highest BCUT2D eigenvalue weighted by Gasteiger charge is 2.04. The van der Waals surface area contributed by atoms with Crippen LogP contribution in [0.3, 0.4) is 0 Å². The Balaban J connectivity index is 2.76. The Morgan fingerprint density at radius 3 is 2.71 bits per heavy atom. The van der Waals surface area contributed by atoms with Crippen LogP contribution >= 0.6 is 27.5 Å². The Labute approximate surface area is 94.8 Å². The summed E-state index contributed by atoms with van der Waals surface area (Å²) < 4.78 is 0.967. The smallest absolute Gasteiger partial charge is 0.252 e. The Hall–Kier alpha value is -0.860. The molecular weight excluding hydrogens is 263 g/mol. The van der Waals surface area contributed by atoms with Gasteiger partial charge in [0.05, 0.1) is 0 Å². The monoisotopic (exact) mass is 268 g/mol. The summed E-state index contributed by atoms with van der Waals surface area (Å²) >= 11 is 8.83. The molecule has 0 bridgehead atoms. The summed E-state index contributed by atoms with van der Waals surface area (Å²) in [5, 5.41) is 1.66. The molecule has 2 aromatic rings. The van der Waals surface area contributed by atoms with Crippen LogP contribution in [0.2, 0.25) is 0 Å². The lowest BCUT2D eigenvalue weighted by Crippen LogP contribution is -1.88. The van der Waals surface area contributed by atoms with E-state index in [0.29, 0.717) is 5.56 Å². The molecule has 0 amide bonds. The van der Waals surface area contributed by atoms with Gasteiger partial charge in [-0.25, -0.2) is 0 Å². The largest absolute Gasteiger partial charge is 0.276 e. The van der Waals surface area contributed by atoms with Crippen molar-refractivity contribution in [2.24, 2.45) is 0 Å². The van der Waals surface area contributed by atoms with Gasteiger partial charge in [-0.2, -0.15) is 0 Å². The lowest BCUT2D eigenvalue weighted by molar-refractivity contribution is 0.108. The predicted molar refractivity (Wildman–Crippen MR) is 61.8 cm³/mol. The molecule has 0 saturated carbocycles. The van der Waals surface area contributed by atoms with Gasteiger partial charge in [-0.15, -0.1) is 0 Å². The van der Waals surface area contributed by atoms with Crippen LogP contribution in [-0.4, -0.2) is 5.24 Å². The molecule has 14 heavy (non-hydrogen) atoms. The average Bonchev–Trinajstić information content (AvgIpc) is 2.18. The van der Waals surface area contributed by atoms with E-state index in [2.05, 4.69) is 15.9 Å². The van der Waals surface area contributed by atoms with E-state index < -0.39 is 5.24 Å². The van der Waals surface area contributed by atoms with E-state index in [-0.39, 0.29) is 0 Å². The van der Waals surface area contributed by atoms with Crippen molar-refractivity contribution in [1.82, 2.24) is 0 Å². The quantitative estimate of drug-likeness (QED) is 0.716. The fraction of sp³-hybridized carbons (Fsp3) is 0. The van der Waals surface area contributed by atoms with Gasteiger partial charge in [-0.1, -0.05) is 34.1 Å². The first-order valence-electron chi connectivity index (χ1n) is 4.06. The number of rotatable bonds is 1. The van der Waals surface area contributed by atoms with E-state index in [4.69, 9.17) is 11.6 Å². The lowest BCUT2D eigenvalue weighted by Gasteiger charge is -2.01. The van der Waals surface area contributed by atoms with Crippen molar-refractivity contribution in [1.29, 1.82) is 0 Å². The second kappa shape index (κ2) is 3.71. The van der Waals surface area contributed by atoms with Gasteiger partial charge in [-0.05, 0) is 40.6 Å². The van der Waals surface area contributed by atoms with Crippen molar-refractivity contribution in [2.75, 3.05) is 0 Å². The third-order valence-electron chi connectivity index (χ3n) is 2.06. The number of hydrogen-bond acceptors (Lipinski definition) is 1. The highest BCUT2D eigenvalue weighted by atomic mass is 79.9. The molecule has 0 aromatic heterocycles. The molecule has 0 spiro atoms. The first-order chi connectivity index (χ1) is 6.68. The van der Waals surface area contributed by atoms with Crippen LogP contribution in [0, 0.1) is 0 Å². The van der Waals surface area contributed by atoms with Gasteiger partial charge in [0.25, 0.3) is 5.24 Å². The fourth-order valence-corrected chi connectivity index (χ4v) is 1.97. The summed E-state index contributed by atoms with van der Waals surface area (Å²) in [6.45, 7) is 0. The third kappa shape index (κ3) is 1.68. The van der Waals surface area contributed by atoms with Crippen LogP contribution in [0.25, 0.3) is 10.8 Å². The minimum Gasteiger partial charge on any atom is -0.276 e. The van der Waals surface area contributed by atoms with Gasteiger partial charge >= 0.3 is 0 Å². The van der Waals surface area contributed by atoms with Crippen LogP contribution in [0.15, 0.2) is 40.9 Å². The number of hydrogen-bond donors (Lipinski definition) is 0. The van der Waals surface area contributed by atoms with Gasteiger partial charge < -0.3 is 0 Å². The topological polar surface area (TPSA) is 17.1 Å². The molecule has 0 fully saturated rings. The summed E-state index contributed by atoms with van der Waals surface area (Å²) in [4.78, 5) is 11.0. The maximum atomic E-state index is 11.0. The first-order valence-corrected chi connectivity index (χ1v) is 5.24. The normalized spacial score (nSPS) is 10.4. The molecule has 2 rings (SSSR count). The van der Waals surface area contributed by atoms with E-state index in [1.54, 1.807) is 12.1 Å². The molecule has 0 aliphatic carbocycles. The summed E-state index contributed by atoms with van der Waals surface area (Å²) in [7, 11) is 0. The Morgan fingerprint density at radius 1 is 1.21 bits per heavy atom. The molecule has 2 aromatic carbocycles. The Kier molecular flexibility index (Phi) is 2.57. The summed E-state index contributed by atoms with van der Waals surface area (Å²) in [5.74, 6) is 0. The van der Waals surface area contributed by atoms with Crippen LogP contribution in [0.5, 0.6) is 0 Å². The zero-order valence-corrected chi connectivity index (χ0v) is 9.47. The molecule has 1 nitrogen and oxygen atoms in total. The molecule has 0 radical (unpaired) electrons. The molecule has 0 aliphatic rings. The SMILES string of the molecule is O=C(Cl)c1ccc2cccc(Br)c2c1. The summed E-state index contributed by atoms with van der Waals surface area (Å²) in [6.07, 6.45) is 0. The lowest BCUT2D eigenvalue weighted by atomic mass is 10.1. The van der Waals surface area contributed by atoms with Crippen molar-refractivity contribution in [3.05, 3.63) is 46.4 Å². The predicted octanol–water partition coefficient (Wildman–Crippen LogP) is 3.98. The molecule has 0 atom stereocenters. The zero-order valence-electron chi connectivity index (χ0n) is 7.13. The molecule has 0 aliphatic heterocycles. The van der Waals surface area contributed by atoms with E-state index >= 15 is 0 Å². The number of carbonyl (C=O) groups is 1. The molecule has 0 heterocycles. The second-order valence-corrected chi connectivity index (χ2v) is 4.15. The molecule has 70 valence electrons. The van der Waals surface area contributed by atoms with Crippen molar-refractivity contribution < 1.29 is 4.79 Å². The van der Waals surface area contributed by atoms with E-state index in [0.717, 1.165) is 15.2 Å². The highest BCUT2D eigenvalue weighted by Crippen LogP contribution is 2.25. The van der Waals surface area contributed by atoms with Crippen molar-refractivity contribution >= 4 is 43.5 Å². The molecule has 0 saturated heterocycles. The molecular formula is C11H6BrClO. The van der Waals surface area contributed by atoms with Gasteiger partial charge in [0.2, 0.25) is 0 Å². The van der Waals surface area contributed by atoms with Crippen molar-refractivity contribution in [3.8, 4) is 0 Å². The molecule has 3 heteroatoms. The van der Waals surface area contributed by atoms with E-state index in [1.165, 1.54) is 0 Å². The maximum Gasteiger partial charge on any atom is 0.252 e. The number of fused-ring (bicyclic) bond motifs is 1. The maximum absolute atomic E-state index is 11.0. The van der Waals surface area contributed by atoms with E-state index in [9.17, 15) is 4.79 Å². The van der Waals surface area contributed by atoms with Gasteiger partial charge in [0.15, 0.2) is 0 Å².